The summed E-state index contributed by atoms with van der Waals surface area (Å²) >= 11 is 0. The van der Waals surface area contributed by atoms with Gasteiger partial charge in [-0.15, -0.1) is 17.7 Å². The van der Waals surface area contributed by atoms with Crippen LogP contribution in [0.3, 0.4) is 0 Å². The van der Waals surface area contributed by atoms with E-state index in [2.05, 4.69) is 6.92 Å². The summed E-state index contributed by atoms with van der Waals surface area (Å²) in [6.45, 7) is 11.3. The Kier molecular flexibility index (Phi) is 5.39. The van der Waals surface area contributed by atoms with E-state index in [0.717, 1.165) is 16.7 Å². The molecule has 0 aliphatic heterocycles. The Morgan fingerprint density at radius 1 is 1.36 bits per heavy atom. The molecule has 0 unspecified atom stereocenters. The number of benzene rings is 1. The fourth-order valence-corrected chi connectivity index (χ4v) is 0.905. The Morgan fingerprint density at radius 3 is 2.27 bits per heavy atom. The van der Waals surface area contributed by atoms with Gasteiger partial charge in [-0.2, -0.15) is 24.1 Å². The fourth-order valence-electron chi connectivity index (χ4n) is 0.905. The zero-order valence-corrected chi connectivity index (χ0v) is 10.2. The Hall–Kier alpha value is 0.466. The van der Waals surface area contributed by atoms with Crippen molar-refractivity contribution in [2.75, 3.05) is 0 Å². The summed E-state index contributed by atoms with van der Waals surface area (Å²) in [5.41, 5.74) is 2.86. The van der Waals surface area contributed by atoms with Gasteiger partial charge < -0.3 is 0 Å². The standard InChI is InChI=1S/C10H10.K/c1-8(2)10-7-5-4-6-9(10)3;/h1,4-7H,3H2,2H3;/q-2;+1. The summed E-state index contributed by atoms with van der Waals surface area (Å²) in [5, 5.41) is 0. The Labute approximate surface area is 111 Å². The van der Waals surface area contributed by atoms with Crippen LogP contribution in [-0.4, -0.2) is 0 Å². The molecule has 1 aromatic rings. The van der Waals surface area contributed by atoms with Gasteiger partial charge >= 0.3 is 51.4 Å². The molecule has 0 N–H and O–H groups in total. The molecule has 0 heterocycles. The summed E-state index contributed by atoms with van der Waals surface area (Å²) in [7, 11) is 0. The molecule has 0 saturated carbocycles. The molecule has 0 aliphatic rings. The van der Waals surface area contributed by atoms with Crippen LogP contribution in [0, 0.1) is 13.5 Å². The van der Waals surface area contributed by atoms with E-state index in [1.165, 1.54) is 0 Å². The third-order valence-electron chi connectivity index (χ3n) is 1.44. The van der Waals surface area contributed by atoms with Crippen LogP contribution in [0.4, 0.5) is 0 Å². The number of hydrogen-bond donors (Lipinski definition) is 0. The van der Waals surface area contributed by atoms with Gasteiger partial charge in [0.05, 0.1) is 0 Å². The van der Waals surface area contributed by atoms with Crippen molar-refractivity contribution in [3.63, 3.8) is 0 Å². The van der Waals surface area contributed by atoms with E-state index >= 15 is 0 Å². The van der Waals surface area contributed by atoms with Crippen LogP contribution in [0.25, 0.3) is 5.57 Å². The maximum atomic E-state index is 5.59. The summed E-state index contributed by atoms with van der Waals surface area (Å²) in [6.07, 6.45) is 0. The minimum atomic E-state index is 0. The maximum Gasteiger partial charge on any atom is 1.00 e. The molecule has 52 valence electrons. The quantitative estimate of drug-likeness (QED) is 0.400. The van der Waals surface area contributed by atoms with Crippen molar-refractivity contribution in [1.82, 2.24) is 0 Å². The molecule has 0 radical (unpaired) electrons. The first kappa shape index (κ1) is 11.5. The second-order valence-electron chi connectivity index (χ2n) is 2.34. The van der Waals surface area contributed by atoms with Crippen molar-refractivity contribution in [3.8, 4) is 0 Å². The average Bonchev–Trinajstić information content (AvgIpc) is 1.88. The van der Waals surface area contributed by atoms with Gasteiger partial charge in [0.25, 0.3) is 0 Å². The zero-order valence-electron chi connectivity index (χ0n) is 7.09. The first-order valence-corrected chi connectivity index (χ1v) is 3.22. The smallest absolute Gasteiger partial charge is 0.283 e. The molecule has 0 spiro atoms. The van der Waals surface area contributed by atoms with E-state index in [1.54, 1.807) is 0 Å². The molecular weight excluding hydrogens is 159 g/mol. The molecule has 1 aromatic carbocycles. The molecule has 0 fully saturated rings. The van der Waals surface area contributed by atoms with Gasteiger partial charge in [-0.25, -0.2) is 0 Å². The fraction of sp³-hybridized carbons (Fsp3) is 0.100. The SMILES string of the molecule is [CH-]=C(C)c1ccccc1[CH2-].[K+]. The van der Waals surface area contributed by atoms with Gasteiger partial charge in [0.2, 0.25) is 0 Å². The van der Waals surface area contributed by atoms with E-state index in [0.29, 0.717) is 0 Å². The second-order valence-corrected chi connectivity index (χ2v) is 2.34. The van der Waals surface area contributed by atoms with Crippen LogP contribution in [0.15, 0.2) is 24.3 Å². The minimum Gasteiger partial charge on any atom is -0.283 e. The molecule has 0 nitrogen and oxygen atoms in total. The molecular formula is C10H10K-. The Bertz CT molecular complexity index is 251. The molecule has 0 amide bonds. The monoisotopic (exact) mass is 169 g/mol. The third-order valence-corrected chi connectivity index (χ3v) is 1.44. The summed E-state index contributed by atoms with van der Waals surface area (Å²) in [4.78, 5) is 0. The normalized spacial score (nSPS) is 8.45. The molecule has 11 heavy (non-hydrogen) atoms. The number of hydrogen-bond acceptors (Lipinski definition) is 0. The predicted molar refractivity (Wildman–Crippen MR) is 44.3 cm³/mol. The van der Waals surface area contributed by atoms with Gasteiger partial charge in [0, 0.05) is 0 Å². The van der Waals surface area contributed by atoms with E-state index in [-0.39, 0.29) is 51.4 Å². The minimum absolute atomic E-state index is 0. The van der Waals surface area contributed by atoms with E-state index in [4.69, 9.17) is 6.58 Å². The summed E-state index contributed by atoms with van der Waals surface area (Å²) in [5.74, 6) is 0. The van der Waals surface area contributed by atoms with Crippen LogP contribution >= 0.6 is 0 Å². The van der Waals surface area contributed by atoms with E-state index in [9.17, 15) is 0 Å². The first-order valence-electron chi connectivity index (χ1n) is 3.22. The topological polar surface area (TPSA) is 0 Å². The van der Waals surface area contributed by atoms with Gasteiger partial charge in [-0.1, -0.05) is 13.0 Å². The van der Waals surface area contributed by atoms with E-state index in [1.807, 2.05) is 31.2 Å². The van der Waals surface area contributed by atoms with Crippen molar-refractivity contribution in [1.29, 1.82) is 0 Å². The largest absolute Gasteiger partial charge is 1.00 e. The van der Waals surface area contributed by atoms with Gasteiger partial charge in [-0.3, -0.25) is 6.58 Å². The summed E-state index contributed by atoms with van der Waals surface area (Å²) < 4.78 is 0. The summed E-state index contributed by atoms with van der Waals surface area (Å²) in [6, 6.07) is 7.83. The van der Waals surface area contributed by atoms with Crippen molar-refractivity contribution >= 4 is 5.57 Å². The van der Waals surface area contributed by atoms with Crippen LogP contribution in [-0.2, 0) is 0 Å². The molecule has 0 bridgehead atoms. The molecule has 0 saturated heterocycles. The van der Waals surface area contributed by atoms with Crippen molar-refractivity contribution in [2.45, 2.75) is 6.92 Å². The maximum absolute atomic E-state index is 5.59. The van der Waals surface area contributed by atoms with Gasteiger partial charge in [0.15, 0.2) is 0 Å². The molecule has 0 aromatic heterocycles. The molecule has 0 atom stereocenters. The second kappa shape index (κ2) is 5.17. The van der Waals surface area contributed by atoms with Crippen molar-refractivity contribution < 1.29 is 51.4 Å². The molecule has 0 aliphatic carbocycles. The predicted octanol–water partition coefficient (Wildman–Crippen LogP) is -0.291. The Balaban J connectivity index is 0.000001000. The first-order chi connectivity index (χ1) is 4.72. The average molecular weight is 169 g/mol. The van der Waals surface area contributed by atoms with Gasteiger partial charge in [-0.05, 0) is 0 Å². The van der Waals surface area contributed by atoms with Crippen LogP contribution in [0.5, 0.6) is 0 Å². The van der Waals surface area contributed by atoms with Gasteiger partial charge in [0.1, 0.15) is 0 Å². The van der Waals surface area contributed by atoms with Crippen LogP contribution in [0.1, 0.15) is 18.1 Å². The third kappa shape index (κ3) is 3.14. The number of rotatable bonds is 1. The van der Waals surface area contributed by atoms with E-state index < -0.39 is 0 Å². The molecule has 1 heteroatoms. The van der Waals surface area contributed by atoms with Crippen LogP contribution in [0.2, 0.25) is 0 Å². The van der Waals surface area contributed by atoms with Crippen molar-refractivity contribution in [2.24, 2.45) is 0 Å². The zero-order chi connectivity index (χ0) is 7.56. The Morgan fingerprint density at radius 2 is 1.91 bits per heavy atom. The number of allylic oxidation sites excluding steroid dienone is 1. The van der Waals surface area contributed by atoms with Crippen LogP contribution < -0.4 is 51.4 Å². The van der Waals surface area contributed by atoms with Crippen molar-refractivity contribution in [3.05, 3.63) is 48.9 Å². The molecule has 1 rings (SSSR count).